The number of rotatable bonds is 2. The molecule has 0 aliphatic heterocycles. The maximum absolute atomic E-state index is 11.6. The quantitative estimate of drug-likeness (QED) is 0.455. The smallest absolute Gasteiger partial charge is 0.418 e. The average molecular weight is 246 g/mol. The second kappa shape index (κ2) is 3.67. The maximum Gasteiger partial charge on any atom is 0.418 e. The molecular weight excluding hydrogens is 245 g/mol. The van der Waals surface area contributed by atoms with Crippen LogP contribution >= 0.6 is 11.6 Å². The Hall–Kier alpha value is 0.103. The van der Waals surface area contributed by atoms with E-state index in [9.17, 15) is 22.4 Å². The van der Waals surface area contributed by atoms with Gasteiger partial charge in [0.15, 0.2) is 0 Å². The third-order valence-electron chi connectivity index (χ3n) is 0.625. The summed E-state index contributed by atoms with van der Waals surface area (Å²) in [6.45, 7) is 0. The van der Waals surface area contributed by atoms with Crippen molar-refractivity contribution in [1.29, 1.82) is 0 Å². The summed E-state index contributed by atoms with van der Waals surface area (Å²) in [7, 11) is 0. The molecule has 8 heteroatoms. The Bertz CT molecular complexity index is 156. The minimum absolute atomic E-state index is 0. The zero-order chi connectivity index (χ0) is 8.58. The van der Waals surface area contributed by atoms with E-state index in [0.29, 0.717) is 0 Å². The molecule has 11 heavy (non-hydrogen) atoms. The summed E-state index contributed by atoms with van der Waals surface area (Å²) in [5.41, 5.74) is 0. The minimum atomic E-state index is -5.21. The van der Waals surface area contributed by atoms with Crippen LogP contribution in [0.5, 0.6) is 0 Å². The monoisotopic (exact) mass is 244 g/mol. The van der Waals surface area contributed by atoms with Crippen molar-refractivity contribution in [2.24, 2.45) is 0 Å². The van der Waals surface area contributed by atoms with Gasteiger partial charge in [-0.25, -0.2) is 4.79 Å². The average Bonchev–Trinajstić information content (AvgIpc) is 1.62. The first kappa shape index (κ1) is 13.7. The number of carboxylic acid groups (broad SMARTS) is 1. The molecule has 0 aromatic rings. The van der Waals surface area contributed by atoms with E-state index in [0.717, 1.165) is 0 Å². The molecule has 0 heterocycles. The van der Waals surface area contributed by atoms with Crippen molar-refractivity contribution in [3.05, 3.63) is 0 Å². The Kier molecular flexibility index (Phi) is 4.56. The molecule has 0 aromatic heterocycles. The number of hydrogen-bond donors (Lipinski definition) is 1. The Morgan fingerprint density at radius 1 is 1.27 bits per heavy atom. The zero-order valence-electron chi connectivity index (χ0n) is 4.95. The molecule has 0 amide bonds. The fraction of sp³-hybridized carbons (Fsp3) is 0.667. The first-order valence-electron chi connectivity index (χ1n) is 1.87. The fourth-order valence-electron chi connectivity index (χ4n) is 0.121. The van der Waals surface area contributed by atoms with E-state index in [1.54, 1.807) is 0 Å². The third kappa shape index (κ3) is 2.91. The van der Waals surface area contributed by atoms with Gasteiger partial charge in [-0.3, -0.25) is 0 Å². The molecular formula is C3HClF4O2Zn. The van der Waals surface area contributed by atoms with Crippen LogP contribution in [0.1, 0.15) is 0 Å². The van der Waals surface area contributed by atoms with Gasteiger partial charge >= 0.3 is 17.3 Å². The van der Waals surface area contributed by atoms with Gasteiger partial charge in [0.25, 0.3) is 0 Å². The number of halogens is 5. The Balaban J connectivity index is 0. The fourth-order valence-corrected chi connectivity index (χ4v) is 0.202. The second-order valence-corrected chi connectivity index (χ2v) is 1.85. The molecule has 2 nitrogen and oxygen atoms in total. The maximum atomic E-state index is 11.6. The van der Waals surface area contributed by atoms with Crippen molar-refractivity contribution in [2.45, 2.75) is 11.3 Å². The molecule has 62 valence electrons. The van der Waals surface area contributed by atoms with Gasteiger partial charge in [0, 0.05) is 19.5 Å². The van der Waals surface area contributed by atoms with E-state index in [2.05, 4.69) is 11.6 Å². The Morgan fingerprint density at radius 3 is 1.55 bits per heavy atom. The Labute approximate surface area is 76.3 Å². The number of carbonyl (C=O) groups is 1. The van der Waals surface area contributed by atoms with Crippen LogP contribution in [0.25, 0.3) is 0 Å². The molecule has 0 bridgehead atoms. The molecule has 0 radical (unpaired) electrons. The molecule has 0 saturated heterocycles. The van der Waals surface area contributed by atoms with Gasteiger partial charge in [0.1, 0.15) is 0 Å². The van der Waals surface area contributed by atoms with Crippen LogP contribution in [0.15, 0.2) is 0 Å². The van der Waals surface area contributed by atoms with Gasteiger partial charge in [0.05, 0.1) is 0 Å². The molecule has 1 N–H and O–H groups in total. The van der Waals surface area contributed by atoms with Gasteiger partial charge in [-0.2, -0.15) is 17.6 Å². The van der Waals surface area contributed by atoms with Crippen LogP contribution in [0, 0.1) is 0 Å². The first-order valence-corrected chi connectivity index (χ1v) is 2.25. The van der Waals surface area contributed by atoms with E-state index in [1.165, 1.54) is 0 Å². The predicted molar refractivity (Wildman–Crippen MR) is 23.4 cm³/mol. The van der Waals surface area contributed by atoms with Crippen LogP contribution in [-0.4, -0.2) is 22.4 Å². The summed E-state index contributed by atoms with van der Waals surface area (Å²) in [5.74, 6) is -8.17. The van der Waals surface area contributed by atoms with Crippen LogP contribution < -0.4 is 0 Å². The minimum Gasteiger partial charge on any atom is -0.477 e. The summed E-state index contributed by atoms with van der Waals surface area (Å²) in [4.78, 5) is 9.35. The van der Waals surface area contributed by atoms with Crippen molar-refractivity contribution in [2.75, 3.05) is 0 Å². The Morgan fingerprint density at radius 2 is 1.55 bits per heavy atom. The molecule has 0 fully saturated rings. The summed E-state index contributed by atoms with van der Waals surface area (Å²) >= 11 is 3.76. The number of aliphatic carboxylic acids is 1. The number of hydrogen-bond acceptors (Lipinski definition) is 1. The van der Waals surface area contributed by atoms with Crippen molar-refractivity contribution < 1.29 is 46.9 Å². The molecule has 0 saturated carbocycles. The van der Waals surface area contributed by atoms with Gasteiger partial charge in [-0.1, -0.05) is 0 Å². The molecule has 0 aliphatic rings. The summed E-state index contributed by atoms with van der Waals surface area (Å²) in [6, 6.07) is 0. The van der Waals surface area contributed by atoms with E-state index in [-0.39, 0.29) is 19.5 Å². The van der Waals surface area contributed by atoms with E-state index < -0.39 is 17.3 Å². The number of carboxylic acids is 1. The van der Waals surface area contributed by atoms with Crippen LogP contribution in [0.4, 0.5) is 17.6 Å². The topological polar surface area (TPSA) is 37.3 Å². The molecule has 0 rings (SSSR count). The van der Waals surface area contributed by atoms with Crippen molar-refractivity contribution in [1.82, 2.24) is 0 Å². The third-order valence-corrected chi connectivity index (χ3v) is 0.862. The second-order valence-electron chi connectivity index (χ2n) is 1.38. The molecule has 0 spiro atoms. The van der Waals surface area contributed by atoms with Crippen molar-refractivity contribution in [3.8, 4) is 0 Å². The van der Waals surface area contributed by atoms with Crippen LogP contribution in [0.3, 0.4) is 0 Å². The molecule has 0 aromatic carbocycles. The SMILES string of the molecule is O=C(O)C(F)(F)C(F)(F)Cl.[Zn]. The largest absolute Gasteiger partial charge is 0.477 e. The molecule has 0 atom stereocenters. The standard InChI is InChI=1S/C3HClF4O2.Zn/c4-3(7,8)2(5,6)1(9)10;/h(H,9,10);. The van der Waals surface area contributed by atoms with E-state index in [4.69, 9.17) is 5.11 Å². The van der Waals surface area contributed by atoms with Gasteiger partial charge in [-0.15, -0.1) is 0 Å². The van der Waals surface area contributed by atoms with Gasteiger partial charge < -0.3 is 5.11 Å². The zero-order valence-corrected chi connectivity index (χ0v) is 8.68. The summed E-state index contributed by atoms with van der Waals surface area (Å²) in [6.07, 6.45) is 0. The molecule has 0 unspecified atom stereocenters. The van der Waals surface area contributed by atoms with Gasteiger partial charge in [-0.05, 0) is 11.6 Å². The number of alkyl halides is 5. The van der Waals surface area contributed by atoms with E-state index >= 15 is 0 Å². The normalized spacial score (nSPS) is 12.1. The summed E-state index contributed by atoms with van der Waals surface area (Å²) in [5, 5.41) is 2.42. The predicted octanol–water partition coefficient (Wildman–Crippen LogP) is 1.54. The van der Waals surface area contributed by atoms with Gasteiger partial charge in [0.2, 0.25) is 0 Å². The summed E-state index contributed by atoms with van der Waals surface area (Å²) < 4.78 is 45.9. The van der Waals surface area contributed by atoms with Crippen molar-refractivity contribution in [3.63, 3.8) is 0 Å². The first-order chi connectivity index (χ1) is 4.19. The van der Waals surface area contributed by atoms with Crippen molar-refractivity contribution >= 4 is 17.6 Å². The van der Waals surface area contributed by atoms with Crippen LogP contribution in [-0.2, 0) is 24.3 Å². The van der Waals surface area contributed by atoms with E-state index in [1.807, 2.05) is 0 Å². The van der Waals surface area contributed by atoms with Crippen LogP contribution in [0.2, 0.25) is 0 Å². The molecule has 0 aliphatic carbocycles.